The van der Waals surface area contributed by atoms with Crippen molar-refractivity contribution in [1.82, 2.24) is 0 Å². The minimum Gasteiger partial charge on any atom is -0.507 e. The third-order valence-electron chi connectivity index (χ3n) is 5.10. The molecule has 2 N–H and O–H groups in total. The second kappa shape index (κ2) is 13.0. The van der Waals surface area contributed by atoms with Gasteiger partial charge in [-0.2, -0.15) is 13.2 Å². The lowest BCUT2D eigenvalue weighted by Crippen LogP contribution is -2.15. The zero-order chi connectivity index (χ0) is 27.5. The number of aromatic hydroxyl groups is 2. The molecular weight excluding hydrogens is 501 g/mol. The van der Waals surface area contributed by atoms with Crippen LogP contribution in [0.4, 0.5) is 13.2 Å². The highest BCUT2D eigenvalue weighted by atomic mass is 19.4. The molecule has 0 amide bonds. The van der Waals surface area contributed by atoms with Crippen molar-refractivity contribution in [3.8, 4) is 11.5 Å². The molecule has 0 unspecified atom stereocenters. The average Bonchev–Trinajstić information content (AvgIpc) is 2.91. The van der Waals surface area contributed by atoms with E-state index in [-0.39, 0.29) is 24.5 Å². The summed E-state index contributed by atoms with van der Waals surface area (Å²) in [5.41, 5.74) is -0.347. The summed E-state index contributed by atoms with van der Waals surface area (Å²) in [5, 5.41) is 18.8. The topological polar surface area (TPSA) is 93.1 Å². The molecule has 0 fully saturated rings. The van der Waals surface area contributed by atoms with E-state index in [4.69, 9.17) is 9.47 Å². The Hall–Kier alpha value is -4.79. The molecular formula is C29H23F3O6. The molecule has 4 rings (SSSR count). The molecule has 0 saturated carbocycles. The Morgan fingerprint density at radius 1 is 0.579 bits per heavy atom. The fourth-order valence-electron chi connectivity index (χ4n) is 3.26. The SMILES string of the molecule is O=C(OCc1ccccc1)c1cccc(O)c1C(F)(F)F.O=C(OCc1ccccc1)c1ccccc1O. The molecule has 0 heterocycles. The molecule has 0 aliphatic heterocycles. The second-order valence-electron chi connectivity index (χ2n) is 7.84. The van der Waals surface area contributed by atoms with E-state index < -0.39 is 35.0 Å². The van der Waals surface area contributed by atoms with Crippen LogP contribution in [0, 0.1) is 0 Å². The van der Waals surface area contributed by atoms with Gasteiger partial charge < -0.3 is 19.7 Å². The molecule has 0 bridgehead atoms. The Kier molecular flexibility index (Phi) is 9.48. The van der Waals surface area contributed by atoms with E-state index in [1.54, 1.807) is 42.5 Å². The van der Waals surface area contributed by atoms with Crippen LogP contribution in [-0.2, 0) is 28.9 Å². The van der Waals surface area contributed by atoms with Gasteiger partial charge in [-0.25, -0.2) is 9.59 Å². The summed E-state index contributed by atoms with van der Waals surface area (Å²) >= 11 is 0. The maximum Gasteiger partial charge on any atom is 0.420 e. The van der Waals surface area contributed by atoms with Crippen molar-refractivity contribution in [1.29, 1.82) is 0 Å². The Labute approximate surface area is 216 Å². The summed E-state index contributed by atoms with van der Waals surface area (Å²) in [6.45, 7) is 0.0562. The third kappa shape index (κ3) is 7.86. The molecule has 4 aromatic carbocycles. The molecule has 0 spiro atoms. The van der Waals surface area contributed by atoms with Crippen LogP contribution in [0.1, 0.15) is 37.4 Å². The Morgan fingerprint density at radius 3 is 1.50 bits per heavy atom. The van der Waals surface area contributed by atoms with Crippen LogP contribution in [-0.4, -0.2) is 22.2 Å². The van der Waals surface area contributed by atoms with Crippen molar-refractivity contribution in [2.45, 2.75) is 19.4 Å². The smallest absolute Gasteiger partial charge is 0.420 e. The van der Waals surface area contributed by atoms with Gasteiger partial charge in [-0.05, 0) is 35.4 Å². The number of esters is 2. The molecule has 0 radical (unpaired) electrons. The van der Waals surface area contributed by atoms with Crippen molar-refractivity contribution < 1.29 is 42.4 Å². The van der Waals surface area contributed by atoms with Crippen molar-refractivity contribution in [3.05, 3.63) is 131 Å². The number of hydrogen-bond acceptors (Lipinski definition) is 6. The first kappa shape index (κ1) is 27.8. The van der Waals surface area contributed by atoms with Crippen molar-refractivity contribution in [2.24, 2.45) is 0 Å². The van der Waals surface area contributed by atoms with E-state index >= 15 is 0 Å². The van der Waals surface area contributed by atoms with Gasteiger partial charge in [0, 0.05) is 0 Å². The van der Waals surface area contributed by atoms with Crippen molar-refractivity contribution in [2.75, 3.05) is 0 Å². The third-order valence-corrected chi connectivity index (χ3v) is 5.10. The standard InChI is InChI=1S/C15H11F3O3.C14H12O3/c16-15(17,18)13-11(7-4-8-12(13)19)14(20)21-9-10-5-2-1-3-6-10;15-13-9-5-4-8-12(13)14(16)17-10-11-6-2-1-3-7-11/h1-8,19H,9H2;1-9,15H,10H2. The summed E-state index contributed by atoms with van der Waals surface area (Å²) in [5.74, 6) is -2.73. The zero-order valence-corrected chi connectivity index (χ0v) is 19.9. The number of ether oxygens (including phenoxy) is 2. The fraction of sp³-hybridized carbons (Fsp3) is 0.103. The number of benzene rings is 4. The van der Waals surface area contributed by atoms with Crippen LogP contribution in [0.15, 0.2) is 103 Å². The van der Waals surface area contributed by atoms with Crippen LogP contribution >= 0.6 is 0 Å². The number of hydrogen-bond donors (Lipinski definition) is 2. The monoisotopic (exact) mass is 524 g/mol. The Bertz CT molecular complexity index is 1360. The van der Waals surface area contributed by atoms with Gasteiger partial charge in [0.15, 0.2) is 0 Å². The largest absolute Gasteiger partial charge is 0.507 e. The predicted octanol–water partition coefficient (Wildman–Crippen LogP) is 6.52. The highest BCUT2D eigenvalue weighted by molar-refractivity contribution is 5.92. The van der Waals surface area contributed by atoms with Gasteiger partial charge in [0.2, 0.25) is 0 Å². The predicted molar refractivity (Wildman–Crippen MR) is 132 cm³/mol. The highest BCUT2D eigenvalue weighted by Gasteiger charge is 2.38. The lowest BCUT2D eigenvalue weighted by Gasteiger charge is -2.13. The molecule has 0 atom stereocenters. The van der Waals surface area contributed by atoms with Gasteiger partial charge in [0.25, 0.3) is 0 Å². The van der Waals surface area contributed by atoms with E-state index in [1.807, 2.05) is 30.3 Å². The van der Waals surface area contributed by atoms with E-state index in [9.17, 15) is 33.0 Å². The van der Waals surface area contributed by atoms with Gasteiger partial charge in [0.05, 0.1) is 5.56 Å². The van der Waals surface area contributed by atoms with E-state index in [2.05, 4.69) is 0 Å². The van der Waals surface area contributed by atoms with E-state index in [1.165, 1.54) is 12.1 Å². The number of phenolic OH excluding ortho intramolecular Hbond substituents is 2. The van der Waals surface area contributed by atoms with Crippen LogP contribution in [0.25, 0.3) is 0 Å². The van der Waals surface area contributed by atoms with E-state index in [0.29, 0.717) is 5.56 Å². The van der Waals surface area contributed by atoms with Crippen LogP contribution in [0.2, 0.25) is 0 Å². The molecule has 38 heavy (non-hydrogen) atoms. The first-order valence-corrected chi connectivity index (χ1v) is 11.3. The molecule has 0 aliphatic carbocycles. The van der Waals surface area contributed by atoms with Gasteiger partial charge in [0.1, 0.15) is 35.8 Å². The summed E-state index contributed by atoms with van der Waals surface area (Å²) in [4.78, 5) is 23.5. The first-order valence-electron chi connectivity index (χ1n) is 11.3. The summed E-state index contributed by atoms with van der Waals surface area (Å²) < 4.78 is 48.5. The molecule has 0 aromatic heterocycles. The van der Waals surface area contributed by atoms with Gasteiger partial charge in [-0.3, -0.25) is 0 Å². The fourth-order valence-corrected chi connectivity index (χ4v) is 3.26. The van der Waals surface area contributed by atoms with Gasteiger partial charge >= 0.3 is 18.1 Å². The lowest BCUT2D eigenvalue weighted by molar-refractivity contribution is -0.139. The summed E-state index contributed by atoms with van der Waals surface area (Å²) in [6.07, 6.45) is -4.84. The number of alkyl halides is 3. The number of carbonyl (C=O) groups is 2. The molecule has 9 heteroatoms. The van der Waals surface area contributed by atoms with Gasteiger partial charge in [-0.15, -0.1) is 0 Å². The molecule has 0 aliphatic rings. The first-order chi connectivity index (χ1) is 18.2. The molecule has 0 saturated heterocycles. The number of rotatable bonds is 6. The minimum atomic E-state index is -4.84. The van der Waals surface area contributed by atoms with Crippen LogP contribution in [0.5, 0.6) is 11.5 Å². The normalized spacial score (nSPS) is 10.6. The van der Waals surface area contributed by atoms with E-state index in [0.717, 1.165) is 23.8 Å². The molecule has 6 nitrogen and oxygen atoms in total. The zero-order valence-electron chi connectivity index (χ0n) is 19.9. The second-order valence-corrected chi connectivity index (χ2v) is 7.84. The number of phenols is 2. The minimum absolute atomic E-state index is 0.0643. The molecule has 4 aromatic rings. The number of para-hydroxylation sites is 1. The average molecular weight is 524 g/mol. The van der Waals surface area contributed by atoms with Crippen LogP contribution < -0.4 is 0 Å². The van der Waals surface area contributed by atoms with Crippen LogP contribution in [0.3, 0.4) is 0 Å². The van der Waals surface area contributed by atoms with Gasteiger partial charge in [-0.1, -0.05) is 78.9 Å². The lowest BCUT2D eigenvalue weighted by atomic mass is 10.1. The molecule has 196 valence electrons. The summed E-state index contributed by atoms with van der Waals surface area (Å²) in [7, 11) is 0. The van der Waals surface area contributed by atoms with Crippen molar-refractivity contribution in [3.63, 3.8) is 0 Å². The maximum atomic E-state index is 12.9. The number of halogens is 3. The quantitative estimate of drug-likeness (QED) is 0.279. The Balaban J connectivity index is 0.000000215. The summed E-state index contributed by atoms with van der Waals surface area (Å²) in [6, 6.07) is 27.3. The highest BCUT2D eigenvalue weighted by Crippen LogP contribution is 2.38. The maximum absolute atomic E-state index is 12.9. The number of carbonyl (C=O) groups excluding carboxylic acids is 2. The Morgan fingerprint density at radius 2 is 1.00 bits per heavy atom. The van der Waals surface area contributed by atoms with Crippen molar-refractivity contribution >= 4 is 11.9 Å².